The topological polar surface area (TPSA) is 86.0 Å². The molecule has 0 bridgehead atoms. The predicted octanol–water partition coefficient (Wildman–Crippen LogP) is 2.64. The number of nitrogens with one attached hydrogen (secondary N) is 1. The Bertz CT molecular complexity index is 451. The molecule has 0 aliphatic carbocycles. The van der Waals surface area contributed by atoms with E-state index in [1.54, 1.807) is 19.1 Å². The Morgan fingerprint density at radius 2 is 2.21 bits per heavy atom. The molecule has 5 heteroatoms. The lowest BCUT2D eigenvalue weighted by Gasteiger charge is -2.15. The Labute approximate surface area is 113 Å². The van der Waals surface area contributed by atoms with Crippen LogP contribution in [0.2, 0.25) is 0 Å². The van der Waals surface area contributed by atoms with Crippen LogP contribution >= 0.6 is 0 Å². The Morgan fingerprint density at radius 1 is 1.47 bits per heavy atom. The van der Waals surface area contributed by atoms with E-state index in [0.717, 1.165) is 18.7 Å². The van der Waals surface area contributed by atoms with Gasteiger partial charge in [-0.2, -0.15) is 5.26 Å². The average molecular weight is 261 g/mol. The number of hydrogen-bond donors (Lipinski definition) is 2. The molecule has 2 N–H and O–H groups in total. The summed E-state index contributed by atoms with van der Waals surface area (Å²) in [4.78, 5) is 14.8. The third kappa shape index (κ3) is 5.38. The van der Waals surface area contributed by atoms with Crippen LogP contribution in [0.1, 0.15) is 38.7 Å². The highest BCUT2D eigenvalue weighted by molar-refractivity contribution is 5.69. The molecule has 1 aromatic heterocycles. The summed E-state index contributed by atoms with van der Waals surface area (Å²) in [7, 11) is 0. The van der Waals surface area contributed by atoms with Crippen LogP contribution in [0.5, 0.6) is 0 Å². The summed E-state index contributed by atoms with van der Waals surface area (Å²) in [5.41, 5.74) is 0.536. The molecule has 2 atom stereocenters. The van der Waals surface area contributed by atoms with Gasteiger partial charge in [-0.3, -0.25) is 4.79 Å². The molecule has 0 radical (unpaired) electrons. The van der Waals surface area contributed by atoms with Gasteiger partial charge in [-0.1, -0.05) is 13.3 Å². The summed E-state index contributed by atoms with van der Waals surface area (Å²) in [6, 6.07) is 5.73. The predicted molar refractivity (Wildman–Crippen MR) is 72.7 cm³/mol. The van der Waals surface area contributed by atoms with Crippen molar-refractivity contribution in [2.24, 2.45) is 5.92 Å². The first kappa shape index (κ1) is 15.0. The van der Waals surface area contributed by atoms with E-state index < -0.39 is 5.97 Å². The molecule has 1 rings (SSSR count). The van der Waals surface area contributed by atoms with Crippen molar-refractivity contribution in [1.29, 1.82) is 5.26 Å². The molecule has 5 nitrogen and oxygen atoms in total. The normalized spacial score (nSPS) is 13.3. The van der Waals surface area contributed by atoms with Gasteiger partial charge in [0.25, 0.3) is 0 Å². The summed E-state index contributed by atoms with van der Waals surface area (Å²) in [5.74, 6) is -0.299. The molecule has 0 saturated heterocycles. The maximum absolute atomic E-state index is 10.7. The smallest absolute Gasteiger partial charge is 0.306 e. The number of aliphatic carboxylic acids is 1. The summed E-state index contributed by atoms with van der Waals surface area (Å²) >= 11 is 0. The molecule has 1 heterocycles. The molecular formula is C14H19N3O2. The van der Waals surface area contributed by atoms with Crippen molar-refractivity contribution in [3.63, 3.8) is 0 Å². The summed E-state index contributed by atoms with van der Waals surface area (Å²) in [5, 5.41) is 20.7. The molecule has 0 aromatic carbocycles. The Kier molecular flexibility index (Phi) is 5.80. The lowest BCUT2D eigenvalue weighted by Crippen LogP contribution is -2.17. The molecule has 19 heavy (non-hydrogen) atoms. The van der Waals surface area contributed by atoms with Gasteiger partial charge in [0.2, 0.25) is 0 Å². The molecular weight excluding hydrogens is 242 g/mol. The van der Waals surface area contributed by atoms with Crippen molar-refractivity contribution >= 4 is 11.8 Å². The van der Waals surface area contributed by atoms with Gasteiger partial charge >= 0.3 is 5.97 Å². The quantitative estimate of drug-likeness (QED) is 0.788. The first-order chi connectivity index (χ1) is 9.02. The van der Waals surface area contributed by atoms with Crippen LogP contribution in [0.15, 0.2) is 18.3 Å². The highest BCUT2D eigenvalue weighted by atomic mass is 16.4. The van der Waals surface area contributed by atoms with Gasteiger partial charge in [0.05, 0.1) is 11.5 Å². The van der Waals surface area contributed by atoms with E-state index in [4.69, 9.17) is 10.4 Å². The third-order valence-corrected chi connectivity index (χ3v) is 2.98. The van der Waals surface area contributed by atoms with Crippen molar-refractivity contribution in [3.05, 3.63) is 23.9 Å². The molecule has 102 valence electrons. The standard InChI is InChI=1S/C14H19N3O2/c1-10(14(18)19)4-3-5-11(2)17-13-7-6-12(8-15)9-16-13/h6-7,9-11H,3-5H2,1-2H3,(H,16,17)(H,18,19). The van der Waals surface area contributed by atoms with Crippen molar-refractivity contribution < 1.29 is 9.90 Å². The van der Waals surface area contributed by atoms with Crippen LogP contribution in [0.3, 0.4) is 0 Å². The molecule has 0 aliphatic heterocycles. The Balaban J connectivity index is 2.32. The summed E-state index contributed by atoms with van der Waals surface area (Å²) in [6.45, 7) is 3.76. The van der Waals surface area contributed by atoms with E-state index in [1.165, 1.54) is 6.20 Å². The van der Waals surface area contributed by atoms with Crippen LogP contribution in [-0.2, 0) is 4.79 Å². The number of hydrogen-bond acceptors (Lipinski definition) is 4. The van der Waals surface area contributed by atoms with Gasteiger partial charge in [0.15, 0.2) is 0 Å². The second kappa shape index (κ2) is 7.37. The second-order valence-electron chi connectivity index (χ2n) is 4.76. The number of rotatable bonds is 7. The van der Waals surface area contributed by atoms with Crippen molar-refractivity contribution in [1.82, 2.24) is 4.98 Å². The maximum atomic E-state index is 10.7. The zero-order valence-electron chi connectivity index (χ0n) is 11.3. The number of carboxylic acids is 1. The van der Waals surface area contributed by atoms with E-state index in [9.17, 15) is 4.79 Å². The minimum atomic E-state index is -0.741. The first-order valence-corrected chi connectivity index (χ1v) is 6.38. The number of carboxylic acid groups (broad SMARTS) is 1. The van der Waals surface area contributed by atoms with Gasteiger partial charge < -0.3 is 10.4 Å². The zero-order chi connectivity index (χ0) is 14.3. The first-order valence-electron chi connectivity index (χ1n) is 6.38. The van der Waals surface area contributed by atoms with Crippen molar-refractivity contribution in [2.45, 2.75) is 39.2 Å². The number of nitrogens with zero attached hydrogens (tertiary/aromatic N) is 2. The Hall–Kier alpha value is -2.09. The van der Waals surface area contributed by atoms with E-state index in [0.29, 0.717) is 12.0 Å². The van der Waals surface area contributed by atoms with E-state index in [1.807, 2.05) is 13.0 Å². The molecule has 2 unspecified atom stereocenters. The number of carbonyl (C=O) groups is 1. The van der Waals surface area contributed by atoms with E-state index >= 15 is 0 Å². The summed E-state index contributed by atoms with van der Waals surface area (Å²) < 4.78 is 0. The average Bonchev–Trinajstić information content (AvgIpc) is 2.39. The highest BCUT2D eigenvalue weighted by Gasteiger charge is 2.11. The molecule has 0 saturated carbocycles. The molecule has 0 aliphatic rings. The maximum Gasteiger partial charge on any atom is 0.306 e. The zero-order valence-corrected chi connectivity index (χ0v) is 11.3. The number of pyridine rings is 1. The fourth-order valence-electron chi connectivity index (χ4n) is 1.72. The fourth-order valence-corrected chi connectivity index (χ4v) is 1.72. The molecule has 0 amide bonds. The minimum Gasteiger partial charge on any atom is -0.481 e. The fraction of sp³-hybridized carbons (Fsp3) is 0.500. The number of nitriles is 1. The minimum absolute atomic E-state index is 0.224. The lowest BCUT2D eigenvalue weighted by molar-refractivity contribution is -0.141. The molecule has 0 spiro atoms. The highest BCUT2D eigenvalue weighted by Crippen LogP contribution is 2.12. The van der Waals surface area contributed by atoms with Gasteiger partial charge in [-0.05, 0) is 31.9 Å². The largest absolute Gasteiger partial charge is 0.481 e. The summed E-state index contributed by atoms with van der Waals surface area (Å²) in [6.07, 6.45) is 3.96. The van der Waals surface area contributed by atoms with Crippen LogP contribution in [0.25, 0.3) is 0 Å². The van der Waals surface area contributed by atoms with Gasteiger partial charge in [-0.15, -0.1) is 0 Å². The van der Waals surface area contributed by atoms with Gasteiger partial charge in [0, 0.05) is 12.2 Å². The van der Waals surface area contributed by atoms with Crippen LogP contribution in [0, 0.1) is 17.2 Å². The molecule has 1 aromatic rings. The van der Waals surface area contributed by atoms with E-state index in [-0.39, 0.29) is 12.0 Å². The van der Waals surface area contributed by atoms with E-state index in [2.05, 4.69) is 10.3 Å². The van der Waals surface area contributed by atoms with Crippen molar-refractivity contribution in [2.75, 3.05) is 5.32 Å². The lowest BCUT2D eigenvalue weighted by atomic mass is 10.0. The van der Waals surface area contributed by atoms with Crippen molar-refractivity contribution in [3.8, 4) is 6.07 Å². The number of anilines is 1. The Morgan fingerprint density at radius 3 is 2.74 bits per heavy atom. The third-order valence-electron chi connectivity index (χ3n) is 2.98. The van der Waals surface area contributed by atoms with Crippen LogP contribution < -0.4 is 5.32 Å². The number of aromatic nitrogens is 1. The second-order valence-corrected chi connectivity index (χ2v) is 4.76. The molecule has 0 fully saturated rings. The SMILES string of the molecule is CC(CCCC(C)C(=O)O)Nc1ccc(C#N)cn1. The monoisotopic (exact) mass is 261 g/mol. The van der Waals surface area contributed by atoms with Gasteiger partial charge in [0.1, 0.15) is 11.9 Å². The van der Waals surface area contributed by atoms with Crippen LogP contribution in [-0.4, -0.2) is 22.1 Å². The van der Waals surface area contributed by atoms with Gasteiger partial charge in [-0.25, -0.2) is 4.98 Å². The van der Waals surface area contributed by atoms with Crippen LogP contribution in [0.4, 0.5) is 5.82 Å².